The third-order valence-corrected chi connectivity index (χ3v) is 4.34. The first-order valence-corrected chi connectivity index (χ1v) is 6.97. The second-order valence-corrected chi connectivity index (χ2v) is 5.99. The van der Waals surface area contributed by atoms with Gasteiger partial charge >= 0.3 is 0 Å². The summed E-state index contributed by atoms with van der Waals surface area (Å²) in [5.41, 5.74) is 1.60. The molecule has 6 heteroatoms. The van der Waals surface area contributed by atoms with Crippen LogP contribution in [0.3, 0.4) is 0 Å². The molecule has 19 heavy (non-hydrogen) atoms. The van der Waals surface area contributed by atoms with E-state index in [0.717, 1.165) is 17.9 Å². The van der Waals surface area contributed by atoms with Gasteiger partial charge in [0.1, 0.15) is 11.8 Å². The van der Waals surface area contributed by atoms with Crippen molar-refractivity contribution in [1.82, 2.24) is 19.9 Å². The van der Waals surface area contributed by atoms with E-state index in [9.17, 15) is 0 Å². The number of aromatic amines is 1. The average Bonchev–Trinajstić information content (AvgIpc) is 3.07. The summed E-state index contributed by atoms with van der Waals surface area (Å²) in [7, 11) is 0. The summed E-state index contributed by atoms with van der Waals surface area (Å²) in [6.07, 6.45) is 3.17. The predicted molar refractivity (Wildman–Crippen MR) is 77.5 cm³/mol. The first-order chi connectivity index (χ1) is 9.17. The lowest BCUT2D eigenvalue weighted by Gasteiger charge is -2.23. The van der Waals surface area contributed by atoms with Gasteiger partial charge < -0.3 is 10.3 Å². The Balaban J connectivity index is 1.81. The van der Waals surface area contributed by atoms with Gasteiger partial charge in [-0.05, 0) is 11.4 Å². The van der Waals surface area contributed by atoms with Gasteiger partial charge in [0.05, 0.1) is 6.33 Å². The highest BCUT2D eigenvalue weighted by molar-refractivity contribution is 7.10. The number of hydrogen-bond acceptors (Lipinski definition) is 5. The van der Waals surface area contributed by atoms with Crippen molar-refractivity contribution < 1.29 is 0 Å². The number of nitrogens with one attached hydrogen (secondary N) is 2. The Kier molecular flexibility index (Phi) is 2.94. The number of H-pyrrole nitrogens is 1. The van der Waals surface area contributed by atoms with Crippen LogP contribution < -0.4 is 5.32 Å². The van der Waals surface area contributed by atoms with Crippen molar-refractivity contribution in [2.75, 3.05) is 11.9 Å². The minimum absolute atomic E-state index is 0.0610. The topological polar surface area (TPSA) is 66.5 Å². The maximum absolute atomic E-state index is 4.27. The summed E-state index contributed by atoms with van der Waals surface area (Å²) in [4.78, 5) is 16.9. The van der Waals surface area contributed by atoms with E-state index in [4.69, 9.17) is 0 Å². The van der Waals surface area contributed by atoms with Crippen molar-refractivity contribution in [1.29, 1.82) is 0 Å². The highest BCUT2D eigenvalue weighted by atomic mass is 32.1. The summed E-state index contributed by atoms with van der Waals surface area (Å²) >= 11 is 1.78. The van der Waals surface area contributed by atoms with Gasteiger partial charge in [-0.2, -0.15) is 0 Å². The molecule has 0 saturated carbocycles. The van der Waals surface area contributed by atoms with Crippen molar-refractivity contribution in [2.45, 2.75) is 19.3 Å². The van der Waals surface area contributed by atoms with Crippen molar-refractivity contribution >= 4 is 28.3 Å². The van der Waals surface area contributed by atoms with Gasteiger partial charge in [0.15, 0.2) is 11.5 Å². The zero-order chi connectivity index (χ0) is 13.3. The van der Waals surface area contributed by atoms with Gasteiger partial charge in [-0.3, -0.25) is 0 Å². The van der Waals surface area contributed by atoms with Crippen LogP contribution in [0.5, 0.6) is 0 Å². The smallest absolute Gasteiger partial charge is 0.182 e. The van der Waals surface area contributed by atoms with Crippen LogP contribution in [0, 0.1) is 0 Å². The highest BCUT2D eigenvalue weighted by Gasteiger charge is 2.22. The maximum Gasteiger partial charge on any atom is 0.182 e. The molecular weight excluding hydrogens is 258 g/mol. The standard InChI is InChI=1S/C13H15N5S/c1-13(2,9-4-3-5-19-9)6-14-11-10-12(16-7-15-10)18-8-17-11/h3-5,7-8H,6H2,1-2H3,(H2,14,15,16,17,18). The van der Waals surface area contributed by atoms with Crippen molar-refractivity contribution in [3.8, 4) is 0 Å². The van der Waals surface area contributed by atoms with Gasteiger partial charge in [0, 0.05) is 16.8 Å². The molecule has 98 valence electrons. The molecule has 2 N–H and O–H groups in total. The molecule has 0 amide bonds. The fraction of sp³-hybridized carbons (Fsp3) is 0.308. The van der Waals surface area contributed by atoms with Crippen LogP contribution in [-0.2, 0) is 5.41 Å². The number of imidazole rings is 1. The normalized spacial score (nSPS) is 11.9. The number of aromatic nitrogens is 4. The maximum atomic E-state index is 4.27. The predicted octanol–water partition coefficient (Wildman–Crippen LogP) is 2.80. The third kappa shape index (κ3) is 2.31. The Hall–Kier alpha value is -1.95. The van der Waals surface area contributed by atoms with Crippen LogP contribution >= 0.6 is 11.3 Å². The fourth-order valence-corrected chi connectivity index (χ4v) is 2.81. The lowest BCUT2D eigenvalue weighted by atomic mass is 9.91. The molecule has 0 aliphatic rings. The monoisotopic (exact) mass is 273 g/mol. The van der Waals surface area contributed by atoms with E-state index in [1.54, 1.807) is 17.7 Å². The number of nitrogens with zero attached hydrogens (tertiary/aromatic N) is 3. The lowest BCUT2D eigenvalue weighted by Crippen LogP contribution is -2.27. The lowest BCUT2D eigenvalue weighted by molar-refractivity contribution is 0.568. The van der Waals surface area contributed by atoms with Gasteiger partial charge in [0.2, 0.25) is 0 Å². The number of hydrogen-bond donors (Lipinski definition) is 2. The Morgan fingerprint density at radius 1 is 1.32 bits per heavy atom. The molecule has 0 aromatic carbocycles. The molecule has 0 aliphatic carbocycles. The van der Waals surface area contributed by atoms with Crippen LogP contribution in [0.4, 0.5) is 5.82 Å². The Morgan fingerprint density at radius 3 is 3.00 bits per heavy atom. The molecule has 0 atom stereocenters. The quantitative estimate of drug-likeness (QED) is 0.767. The number of thiophene rings is 1. The van der Waals surface area contributed by atoms with E-state index >= 15 is 0 Å². The molecule has 0 saturated heterocycles. The highest BCUT2D eigenvalue weighted by Crippen LogP contribution is 2.28. The molecule has 3 aromatic heterocycles. The van der Waals surface area contributed by atoms with E-state index in [1.165, 1.54) is 11.2 Å². The second-order valence-electron chi connectivity index (χ2n) is 5.04. The second kappa shape index (κ2) is 4.62. The molecule has 0 bridgehead atoms. The minimum atomic E-state index is 0.0610. The minimum Gasteiger partial charge on any atom is -0.367 e. The van der Waals surface area contributed by atoms with Gasteiger partial charge in [-0.25, -0.2) is 15.0 Å². The van der Waals surface area contributed by atoms with Crippen LogP contribution in [0.15, 0.2) is 30.2 Å². The van der Waals surface area contributed by atoms with E-state index in [-0.39, 0.29) is 5.41 Å². The van der Waals surface area contributed by atoms with Gasteiger partial charge in [-0.1, -0.05) is 19.9 Å². The summed E-state index contributed by atoms with van der Waals surface area (Å²) in [6.45, 7) is 5.24. The number of anilines is 1. The van der Waals surface area contributed by atoms with E-state index in [2.05, 4.69) is 56.6 Å². The molecule has 5 nitrogen and oxygen atoms in total. The third-order valence-electron chi connectivity index (χ3n) is 3.11. The van der Waals surface area contributed by atoms with Crippen molar-refractivity contribution in [3.63, 3.8) is 0 Å². The van der Waals surface area contributed by atoms with Crippen LogP contribution in [0.1, 0.15) is 18.7 Å². The molecule has 3 rings (SSSR count). The van der Waals surface area contributed by atoms with Crippen molar-refractivity contribution in [2.24, 2.45) is 0 Å². The largest absolute Gasteiger partial charge is 0.367 e. The van der Waals surface area contributed by atoms with Crippen LogP contribution in [-0.4, -0.2) is 26.5 Å². The van der Waals surface area contributed by atoms with Gasteiger partial charge in [0.25, 0.3) is 0 Å². The zero-order valence-electron chi connectivity index (χ0n) is 10.8. The van der Waals surface area contributed by atoms with E-state index in [0.29, 0.717) is 5.65 Å². The van der Waals surface area contributed by atoms with Crippen LogP contribution in [0.25, 0.3) is 11.2 Å². The Morgan fingerprint density at radius 2 is 2.21 bits per heavy atom. The summed E-state index contributed by atoms with van der Waals surface area (Å²) in [6, 6.07) is 4.25. The van der Waals surface area contributed by atoms with Crippen molar-refractivity contribution in [3.05, 3.63) is 35.0 Å². The molecular formula is C13H15N5S. The summed E-state index contributed by atoms with van der Waals surface area (Å²) < 4.78 is 0. The molecule has 0 unspecified atom stereocenters. The Labute approximate surface area is 115 Å². The first kappa shape index (κ1) is 12.1. The molecule has 0 fully saturated rings. The van der Waals surface area contributed by atoms with Crippen LogP contribution in [0.2, 0.25) is 0 Å². The average molecular weight is 273 g/mol. The first-order valence-electron chi connectivity index (χ1n) is 6.09. The Bertz CT molecular complexity index is 671. The number of rotatable bonds is 4. The number of fused-ring (bicyclic) bond motifs is 1. The summed E-state index contributed by atoms with van der Waals surface area (Å²) in [5.74, 6) is 0.798. The molecule has 3 heterocycles. The van der Waals surface area contributed by atoms with Gasteiger partial charge in [-0.15, -0.1) is 11.3 Å². The van der Waals surface area contributed by atoms with E-state index in [1.807, 2.05) is 0 Å². The van der Waals surface area contributed by atoms with E-state index < -0.39 is 0 Å². The summed E-state index contributed by atoms with van der Waals surface area (Å²) in [5, 5.41) is 5.49. The molecule has 3 aromatic rings. The zero-order valence-corrected chi connectivity index (χ0v) is 11.7. The fourth-order valence-electron chi connectivity index (χ4n) is 1.95. The SMILES string of the molecule is CC(C)(CNc1ncnc2nc[nH]c12)c1cccs1. The molecule has 0 aliphatic heterocycles. The molecule has 0 radical (unpaired) electrons. The molecule has 0 spiro atoms.